The van der Waals surface area contributed by atoms with Gasteiger partial charge in [-0.1, -0.05) is 30.3 Å². The van der Waals surface area contributed by atoms with Crippen LogP contribution in [-0.4, -0.2) is 29.1 Å². The van der Waals surface area contributed by atoms with Crippen molar-refractivity contribution in [3.05, 3.63) is 89.3 Å². The molecule has 0 atom stereocenters. The van der Waals surface area contributed by atoms with E-state index in [0.29, 0.717) is 6.54 Å². The number of nitrogens with one attached hydrogen (secondary N) is 2. The van der Waals surface area contributed by atoms with Gasteiger partial charge in [0.1, 0.15) is 5.82 Å². The van der Waals surface area contributed by atoms with Gasteiger partial charge in [-0.25, -0.2) is 9.37 Å². The number of hydrogen-bond acceptors (Lipinski definition) is 2. The molecular formula is C22H26FN5. The van der Waals surface area contributed by atoms with Crippen LogP contribution in [0.2, 0.25) is 0 Å². The van der Waals surface area contributed by atoms with Crippen LogP contribution >= 0.6 is 0 Å². The molecule has 2 N–H and O–H groups in total. The second kappa shape index (κ2) is 9.69. The van der Waals surface area contributed by atoms with Crippen LogP contribution in [0.5, 0.6) is 0 Å². The number of hydrogen-bond donors (Lipinski definition) is 2. The summed E-state index contributed by atoms with van der Waals surface area (Å²) < 4.78 is 15.2. The van der Waals surface area contributed by atoms with E-state index in [2.05, 4.69) is 44.9 Å². The largest absolute Gasteiger partial charge is 0.356 e. The first kappa shape index (κ1) is 19.6. The van der Waals surface area contributed by atoms with Gasteiger partial charge in [-0.15, -0.1) is 0 Å². The van der Waals surface area contributed by atoms with Crippen LogP contribution in [0.3, 0.4) is 0 Å². The number of halogens is 1. The molecule has 1 aromatic heterocycles. The Hall–Kier alpha value is -3.15. The van der Waals surface area contributed by atoms with Gasteiger partial charge in [-0.3, -0.25) is 4.99 Å². The number of guanidine groups is 1. The zero-order valence-corrected chi connectivity index (χ0v) is 16.3. The summed E-state index contributed by atoms with van der Waals surface area (Å²) in [6.07, 6.45) is 6.38. The molecule has 0 unspecified atom stereocenters. The third-order valence-corrected chi connectivity index (χ3v) is 4.62. The maximum atomic E-state index is 13.2. The quantitative estimate of drug-likeness (QED) is 0.489. The van der Waals surface area contributed by atoms with Gasteiger partial charge in [-0.2, -0.15) is 0 Å². The smallest absolute Gasteiger partial charge is 0.191 e. The summed E-state index contributed by atoms with van der Waals surface area (Å²) >= 11 is 0. The number of aliphatic imine (C=N–C) groups is 1. The van der Waals surface area contributed by atoms with E-state index in [0.717, 1.165) is 36.6 Å². The van der Waals surface area contributed by atoms with E-state index in [4.69, 9.17) is 0 Å². The molecule has 146 valence electrons. The van der Waals surface area contributed by atoms with E-state index < -0.39 is 0 Å². The number of aromatic nitrogens is 2. The molecule has 0 bridgehead atoms. The molecule has 0 fully saturated rings. The molecule has 2 aromatic carbocycles. The molecule has 3 aromatic rings. The minimum absolute atomic E-state index is 0.192. The van der Waals surface area contributed by atoms with Gasteiger partial charge < -0.3 is 15.2 Å². The molecule has 0 spiro atoms. The third-order valence-electron chi connectivity index (χ3n) is 4.62. The van der Waals surface area contributed by atoms with E-state index >= 15 is 0 Å². The number of imidazole rings is 1. The monoisotopic (exact) mass is 379 g/mol. The fourth-order valence-electron chi connectivity index (χ4n) is 3.02. The predicted molar refractivity (Wildman–Crippen MR) is 111 cm³/mol. The first-order chi connectivity index (χ1) is 13.6. The predicted octanol–water partition coefficient (Wildman–Crippen LogP) is 3.29. The molecule has 0 saturated heterocycles. The van der Waals surface area contributed by atoms with Gasteiger partial charge in [0.15, 0.2) is 5.96 Å². The van der Waals surface area contributed by atoms with Gasteiger partial charge in [0.2, 0.25) is 0 Å². The lowest BCUT2D eigenvalue weighted by Crippen LogP contribution is -2.37. The van der Waals surface area contributed by atoms with Crippen molar-refractivity contribution in [1.82, 2.24) is 20.2 Å². The van der Waals surface area contributed by atoms with Crippen LogP contribution < -0.4 is 10.6 Å². The zero-order chi connectivity index (χ0) is 19.8. The van der Waals surface area contributed by atoms with Crippen molar-refractivity contribution in [3.63, 3.8) is 0 Å². The average molecular weight is 379 g/mol. The van der Waals surface area contributed by atoms with Crippen LogP contribution in [-0.2, 0) is 19.5 Å². The van der Waals surface area contributed by atoms with E-state index in [1.54, 1.807) is 19.3 Å². The molecule has 0 amide bonds. The van der Waals surface area contributed by atoms with E-state index in [9.17, 15) is 4.39 Å². The van der Waals surface area contributed by atoms with Gasteiger partial charge in [0.05, 0.1) is 6.33 Å². The maximum absolute atomic E-state index is 13.2. The first-order valence-electron chi connectivity index (χ1n) is 9.37. The van der Waals surface area contributed by atoms with Crippen LogP contribution in [0.15, 0.2) is 66.2 Å². The molecular weight excluding hydrogens is 353 g/mol. The fourth-order valence-corrected chi connectivity index (χ4v) is 3.02. The Morgan fingerprint density at radius 1 is 1.11 bits per heavy atom. The van der Waals surface area contributed by atoms with Gasteiger partial charge in [0.25, 0.3) is 0 Å². The zero-order valence-electron chi connectivity index (χ0n) is 16.3. The Morgan fingerprint density at radius 3 is 2.57 bits per heavy atom. The Labute approximate surface area is 165 Å². The van der Waals surface area contributed by atoms with E-state index in [1.807, 2.05) is 30.1 Å². The molecule has 5 nitrogen and oxygen atoms in total. The van der Waals surface area contributed by atoms with Gasteiger partial charge in [0, 0.05) is 39.1 Å². The highest BCUT2D eigenvalue weighted by atomic mass is 19.1. The normalized spacial score (nSPS) is 11.5. The highest BCUT2D eigenvalue weighted by molar-refractivity contribution is 5.79. The van der Waals surface area contributed by atoms with Crippen molar-refractivity contribution in [1.29, 1.82) is 0 Å². The molecule has 0 saturated carbocycles. The highest BCUT2D eigenvalue weighted by Gasteiger charge is 2.03. The Balaban J connectivity index is 1.44. The summed E-state index contributed by atoms with van der Waals surface area (Å²) in [6.45, 7) is 4.18. The number of nitrogens with zero attached hydrogens (tertiary/aromatic N) is 3. The van der Waals surface area contributed by atoms with Crippen molar-refractivity contribution in [2.45, 2.75) is 26.4 Å². The lowest BCUT2D eigenvalue weighted by atomic mass is 10.1. The topological polar surface area (TPSA) is 54.2 Å². The van der Waals surface area contributed by atoms with Crippen LogP contribution in [0.1, 0.15) is 22.3 Å². The number of benzene rings is 2. The fraction of sp³-hybridized carbons (Fsp3) is 0.273. The molecule has 0 aliphatic rings. The molecule has 0 aliphatic heterocycles. The summed E-state index contributed by atoms with van der Waals surface area (Å²) in [4.78, 5) is 8.33. The summed E-state index contributed by atoms with van der Waals surface area (Å²) in [5.41, 5.74) is 4.53. The standard InChI is InChI=1S/C22H26FN5/c1-17-13-21(23)8-7-20(17)9-10-26-22(24-2)27-14-18-3-5-19(6-4-18)15-28-12-11-25-16-28/h3-8,11-13,16H,9-10,14-15H2,1-2H3,(H2,24,26,27). The third kappa shape index (κ3) is 5.67. The molecule has 0 radical (unpaired) electrons. The van der Waals surface area contributed by atoms with Crippen molar-refractivity contribution < 1.29 is 4.39 Å². The average Bonchev–Trinajstić information content (AvgIpc) is 3.20. The lowest BCUT2D eigenvalue weighted by molar-refractivity contribution is 0.625. The summed E-state index contributed by atoms with van der Waals surface area (Å²) in [7, 11) is 1.76. The van der Waals surface area contributed by atoms with Crippen molar-refractivity contribution in [2.75, 3.05) is 13.6 Å². The number of aryl methyl sites for hydroxylation is 1. The van der Waals surface area contributed by atoms with Crippen molar-refractivity contribution >= 4 is 5.96 Å². The van der Waals surface area contributed by atoms with E-state index in [-0.39, 0.29) is 5.82 Å². The SMILES string of the molecule is CN=C(NCCc1ccc(F)cc1C)NCc1ccc(Cn2ccnc2)cc1. The second-order valence-electron chi connectivity index (χ2n) is 6.72. The van der Waals surface area contributed by atoms with Crippen molar-refractivity contribution in [3.8, 4) is 0 Å². The molecule has 1 heterocycles. The molecule has 28 heavy (non-hydrogen) atoms. The minimum atomic E-state index is -0.192. The van der Waals surface area contributed by atoms with Crippen LogP contribution in [0.25, 0.3) is 0 Å². The lowest BCUT2D eigenvalue weighted by Gasteiger charge is -2.13. The van der Waals surface area contributed by atoms with Crippen LogP contribution in [0, 0.1) is 12.7 Å². The second-order valence-corrected chi connectivity index (χ2v) is 6.72. The molecule has 3 rings (SSSR count). The van der Waals surface area contributed by atoms with Crippen molar-refractivity contribution in [2.24, 2.45) is 4.99 Å². The van der Waals surface area contributed by atoms with E-state index in [1.165, 1.54) is 17.2 Å². The summed E-state index contributed by atoms with van der Waals surface area (Å²) in [6, 6.07) is 13.4. The first-order valence-corrected chi connectivity index (χ1v) is 9.37. The minimum Gasteiger partial charge on any atom is -0.356 e. The maximum Gasteiger partial charge on any atom is 0.191 e. The summed E-state index contributed by atoms with van der Waals surface area (Å²) in [5.74, 6) is 0.560. The molecule has 6 heteroatoms. The Morgan fingerprint density at radius 2 is 1.89 bits per heavy atom. The number of rotatable bonds is 7. The van der Waals surface area contributed by atoms with Gasteiger partial charge >= 0.3 is 0 Å². The molecule has 0 aliphatic carbocycles. The Bertz CT molecular complexity index is 901. The highest BCUT2D eigenvalue weighted by Crippen LogP contribution is 2.10. The van der Waals surface area contributed by atoms with Crippen LogP contribution in [0.4, 0.5) is 4.39 Å². The van der Waals surface area contributed by atoms with Gasteiger partial charge in [-0.05, 0) is 47.7 Å². The Kier molecular flexibility index (Phi) is 6.78. The summed E-state index contributed by atoms with van der Waals surface area (Å²) in [5, 5.41) is 6.63.